The normalized spacial score (nSPS) is 17.1. The summed E-state index contributed by atoms with van der Waals surface area (Å²) in [6.45, 7) is 4.81. The number of benzene rings is 1. The minimum atomic E-state index is -0.648. The van der Waals surface area contributed by atoms with Gasteiger partial charge in [0.25, 0.3) is 0 Å². The first-order chi connectivity index (χ1) is 9.60. The largest absolute Gasteiger partial charge is 0.496 e. The van der Waals surface area contributed by atoms with Gasteiger partial charge in [-0.05, 0) is 50.9 Å². The summed E-state index contributed by atoms with van der Waals surface area (Å²) < 4.78 is 5.39. The van der Waals surface area contributed by atoms with Gasteiger partial charge in [0.2, 0.25) is 0 Å². The molecule has 110 valence electrons. The lowest BCUT2D eigenvalue weighted by atomic mass is 9.96. The van der Waals surface area contributed by atoms with Crippen molar-refractivity contribution < 1.29 is 14.6 Å². The molecule has 4 nitrogen and oxygen atoms in total. The average Bonchev–Trinajstić information content (AvgIpc) is 2.45. The van der Waals surface area contributed by atoms with Crippen molar-refractivity contribution in [3.8, 4) is 5.75 Å². The highest BCUT2D eigenvalue weighted by molar-refractivity contribution is 5.70. The van der Waals surface area contributed by atoms with Crippen LogP contribution in [-0.4, -0.2) is 42.7 Å². The lowest BCUT2D eigenvalue weighted by Gasteiger charge is -2.30. The average molecular weight is 277 g/mol. The van der Waals surface area contributed by atoms with Crippen molar-refractivity contribution in [3.05, 3.63) is 29.3 Å². The van der Waals surface area contributed by atoms with E-state index >= 15 is 0 Å². The summed E-state index contributed by atoms with van der Waals surface area (Å²) in [6, 6.07) is 6.24. The Hall–Kier alpha value is -1.55. The van der Waals surface area contributed by atoms with E-state index in [0.717, 1.165) is 44.6 Å². The molecule has 0 aliphatic carbocycles. The molecule has 20 heavy (non-hydrogen) atoms. The van der Waals surface area contributed by atoms with Crippen molar-refractivity contribution in [1.82, 2.24) is 4.90 Å². The number of carbonyl (C=O) groups is 1. The van der Waals surface area contributed by atoms with Gasteiger partial charge in [0, 0.05) is 6.54 Å². The summed E-state index contributed by atoms with van der Waals surface area (Å²) in [4.78, 5) is 13.3. The van der Waals surface area contributed by atoms with Gasteiger partial charge >= 0.3 is 5.97 Å². The number of nitrogens with zero attached hydrogens (tertiary/aromatic N) is 1. The van der Waals surface area contributed by atoms with Gasteiger partial charge in [-0.25, -0.2) is 0 Å². The van der Waals surface area contributed by atoms with Gasteiger partial charge in [-0.3, -0.25) is 4.79 Å². The smallest absolute Gasteiger partial charge is 0.306 e. The van der Waals surface area contributed by atoms with E-state index in [-0.39, 0.29) is 5.92 Å². The predicted octanol–water partition coefficient (Wildman–Crippen LogP) is 2.34. The Bertz CT molecular complexity index is 465. The summed E-state index contributed by atoms with van der Waals surface area (Å²) in [6.07, 6.45) is 2.48. The maximum Gasteiger partial charge on any atom is 0.306 e. The van der Waals surface area contributed by atoms with Gasteiger partial charge in [0.1, 0.15) is 5.75 Å². The van der Waals surface area contributed by atoms with Gasteiger partial charge < -0.3 is 14.7 Å². The number of carboxylic acids is 1. The fourth-order valence-corrected chi connectivity index (χ4v) is 2.78. The number of rotatable bonds is 5. The molecular weight excluding hydrogens is 254 g/mol. The van der Waals surface area contributed by atoms with Crippen LogP contribution in [0, 0.1) is 12.8 Å². The predicted molar refractivity (Wildman–Crippen MR) is 78.2 cm³/mol. The molecule has 1 aromatic carbocycles. The van der Waals surface area contributed by atoms with Crippen LogP contribution in [0.15, 0.2) is 18.2 Å². The highest BCUT2D eigenvalue weighted by Gasteiger charge is 2.24. The molecule has 2 rings (SSSR count). The van der Waals surface area contributed by atoms with Crippen molar-refractivity contribution in [2.45, 2.75) is 26.2 Å². The molecule has 1 heterocycles. The SMILES string of the molecule is COc1ccc(C)cc1CCN1CCC(C(=O)O)CC1. The molecule has 0 atom stereocenters. The van der Waals surface area contributed by atoms with Crippen LogP contribution >= 0.6 is 0 Å². The highest BCUT2D eigenvalue weighted by atomic mass is 16.5. The number of likely N-dealkylation sites (tertiary alicyclic amines) is 1. The Balaban J connectivity index is 1.87. The number of piperidine rings is 1. The fourth-order valence-electron chi connectivity index (χ4n) is 2.78. The van der Waals surface area contributed by atoms with Crippen LogP contribution in [0.3, 0.4) is 0 Å². The molecule has 0 aromatic heterocycles. The molecule has 0 bridgehead atoms. The standard InChI is InChI=1S/C16H23NO3/c1-12-3-4-15(20-2)14(11-12)7-10-17-8-5-13(6-9-17)16(18)19/h3-4,11,13H,5-10H2,1-2H3,(H,18,19). The van der Waals surface area contributed by atoms with Gasteiger partial charge in [-0.1, -0.05) is 17.7 Å². The molecule has 1 aromatic rings. The highest BCUT2D eigenvalue weighted by Crippen LogP contribution is 2.22. The summed E-state index contributed by atoms with van der Waals surface area (Å²) in [7, 11) is 1.70. The number of aryl methyl sites for hydroxylation is 1. The van der Waals surface area contributed by atoms with Crippen molar-refractivity contribution in [3.63, 3.8) is 0 Å². The van der Waals surface area contributed by atoms with E-state index < -0.39 is 5.97 Å². The Kier molecular flexibility index (Phi) is 5.01. The Morgan fingerprint density at radius 3 is 2.70 bits per heavy atom. The first-order valence-electron chi connectivity index (χ1n) is 7.19. The van der Waals surface area contributed by atoms with Gasteiger partial charge in [0.15, 0.2) is 0 Å². The second kappa shape index (κ2) is 6.75. The molecule has 1 saturated heterocycles. The zero-order valence-electron chi connectivity index (χ0n) is 12.3. The third kappa shape index (κ3) is 3.73. The minimum absolute atomic E-state index is 0.153. The van der Waals surface area contributed by atoms with Gasteiger partial charge in [-0.2, -0.15) is 0 Å². The monoisotopic (exact) mass is 277 g/mol. The number of hydrogen-bond donors (Lipinski definition) is 1. The zero-order valence-corrected chi connectivity index (χ0v) is 12.3. The maximum atomic E-state index is 10.9. The second-order valence-corrected chi connectivity index (χ2v) is 5.52. The quantitative estimate of drug-likeness (QED) is 0.897. The van der Waals surface area contributed by atoms with Crippen LogP contribution in [0.4, 0.5) is 0 Å². The van der Waals surface area contributed by atoms with Gasteiger partial charge in [0.05, 0.1) is 13.0 Å². The number of ether oxygens (including phenoxy) is 1. The second-order valence-electron chi connectivity index (χ2n) is 5.52. The molecule has 0 unspecified atom stereocenters. The van der Waals surface area contributed by atoms with Crippen LogP contribution in [0.25, 0.3) is 0 Å². The Morgan fingerprint density at radius 2 is 2.10 bits per heavy atom. The molecular formula is C16H23NO3. The molecule has 1 aliphatic heterocycles. The number of aliphatic carboxylic acids is 1. The van der Waals surface area contributed by atoms with E-state index in [4.69, 9.17) is 9.84 Å². The summed E-state index contributed by atoms with van der Waals surface area (Å²) in [5, 5.41) is 9.00. The van der Waals surface area contributed by atoms with E-state index in [1.807, 2.05) is 6.07 Å². The lowest BCUT2D eigenvalue weighted by molar-refractivity contribution is -0.143. The van der Waals surface area contributed by atoms with E-state index in [1.54, 1.807) is 7.11 Å². The lowest BCUT2D eigenvalue weighted by Crippen LogP contribution is -2.37. The van der Waals surface area contributed by atoms with Gasteiger partial charge in [-0.15, -0.1) is 0 Å². The molecule has 0 amide bonds. The van der Waals surface area contributed by atoms with E-state index in [2.05, 4.69) is 24.0 Å². The molecule has 1 N–H and O–H groups in total. The topological polar surface area (TPSA) is 49.8 Å². The van der Waals surface area contributed by atoms with E-state index in [9.17, 15) is 4.79 Å². The first-order valence-corrected chi connectivity index (χ1v) is 7.19. The summed E-state index contributed by atoms with van der Waals surface area (Å²) in [5.41, 5.74) is 2.47. The molecule has 0 radical (unpaired) electrons. The van der Waals surface area contributed by atoms with Crippen molar-refractivity contribution >= 4 is 5.97 Å². The first kappa shape index (κ1) is 14.9. The van der Waals surface area contributed by atoms with E-state index in [1.165, 1.54) is 11.1 Å². The minimum Gasteiger partial charge on any atom is -0.496 e. The third-order valence-corrected chi connectivity index (χ3v) is 4.07. The summed E-state index contributed by atoms with van der Waals surface area (Å²) >= 11 is 0. The van der Waals surface area contributed by atoms with Crippen LogP contribution in [-0.2, 0) is 11.2 Å². The van der Waals surface area contributed by atoms with Crippen LogP contribution < -0.4 is 4.74 Å². The Morgan fingerprint density at radius 1 is 1.40 bits per heavy atom. The third-order valence-electron chi connectivity index (χ3n) is 4.07. The molecule has 1 aliphatic rings. The van der Waals surface area contributed by atoms with Crippen molar-refractivity contribution in [2.75, 3.05) is 26.7 Å². The van der Waals surface area contributed by atoms with Crippen LogP contribution in [0.2, 0.25) is 0 Å². The van der Waals surface area contributed by atoms with Crippen LogP contribution in [0.1, 0.15) is 24.0 Å². The maximum absolute atomic E-state index is 10.9. The molecule has 0 spiro atoms. The number of methoxy groups -OCH3 is 1. The van der Waals surface area contributed by atoms with Crippen molar-refractivity contribution in [1.29, 1.82) is 0 Å². The molecule has 4 heteroatoms. The van der Waals surface area contributed by atoms with Crippen LogP contribution in [0.5, 0.6) is 5.75 Å². The van der Waals surface area contributed by atoms with E-state index in [0.29, 0.717) is 0 Å². The number of carboxylic acid groups (broad SMARTS) is 1. The molecule has 1 fully saturated rings. The fraction of sp³-hybridized carbons (Fsp3) is 0.562. The zero-order chi connectivity index (χ0) is 14.5. The Labute approximate surface area is 120 Å². The molecule has 0 saturated carbocycles. The number of hydrogen-bond acceptors (Lipinski definition) is 3. The summed E-state index contributed by atoms with van der Waals surface area (Å²) in [5.74, 6) is 0.140. The van der Waals surface area contributed by atoms with Crippen molar-refractivity contribution in [2.24, 2.45) is 5.92 Å².